The Morgan fingerprint density at radius 1 is 1.13 bits per heavy atom. The van der Waals surface area contributed by atoms with Crippen molar-refractivity contribution in [3.8, 4) is 10.4 Å². The number of nitrogens with one attached hydrogen (secondary N) is 1. The first-order valence-electron chi connectivity index (χ1n) is 10.2. The van der Waals surface area contributed by atoms with Crippen LogP contribution in [0.25, 0.3) is 10.4 Å². The van der Waals surface area contributed by atoms with Crippen LogP contribution in [0.1, 0.15) is 38.3 Å². The number of hydrogen-bond acceptors (Lipinski definition) is 6. The number of piperidine rings is 1. The Morgan fingerprint density at radius 2 is 1.87 bits per heavy atom. The zero-order valence-electron chi connectivity index (χ0n) is 17.3. The van der Waals surface area contributed by atoms with Gasteiger partial charge >= 0.3 is 0 Å². The molecule has 3 N–H and O–H groups in total. The van der Waals surface area contributed by atoms with E-state index in [1.807, 2.05) is 41.4 Å². The average molecular weight is 422 g/mol. The van der Waals surface area contributed by atoms with E-state index in [-0.39, 0.29) is 5.91 Å². The molecule has 6 nitrogen and oxygen atoms in total. The molecule has 30 heavy (non-hydrogen) atoms. The summed E-state index contributed by atoms with van der Waals surface area (Å²) < 4.78 is 0. The lowest BCUT2D eigenvalue weighted by molar-refractivity contribution is -0.136. The Morgan fingerprint density at radius 3 is 2.57 bits per heavy atom. The van der Waals surface area contributed by atoms with Gasteiger partial charge in [-0.05, 0) is 44.4 Å². The first kappa shape index (κ1) is 20.5. The van der Waals surface area contributed by atoms with E-state index in [1.165, 1.54) is 0 Å². The highest BCUT2D eigenvalue weighted by Crippen LogP contribution is 2.32. The highest BCUT2D eigenvalue weighted by atomic mass is 32.1. The third kappa shape index (κ3) is 4.68. The number of aromatic nitrogens is 2. The second kappa shape index (κ2) is 8.53. The Labute approximate surface area is 181 Å². The first-order chi connectivity index (χ1) is 14.4. The van der Waals surface area contributed by atoms with E-state index in [0.29, 0.717) is 5.92 Å². The fraction of sp³-hybridized carbons (Fsp3) is 0.348. The highest BCUT2D eigenvalue weighted by molar-refractivity contribution is 7.18. The van der Waals surface area contributed by atoms with Crippen molar-refractivity contribution in [1.29, 1.82) is 0 Å². The van der Waals surface area contributed by atoms with Gasteiger partial charge in [-0.25, -0.2) is 9.97 Å². The van der Waals surface area contributed by atoms with Crippen LogP contribution in [0.2, 0.25) is 0 Å². The van der Waals surface area contributed by atoms with Crippen LogP contribution in [0, 0.1) is 0 Å². The third-order valence-electron chi connectivity index (χ3n) is 5.32. The number of thiazole rings is 1. The predicted molar refractivity (Wildman–Crippen MR) is 122 cm³/mol. The number of anilines is 2. The van der Waals surface area contributed by atoms with Crippen LogP contribution >= 0.6 is 11.3 Å². The summed E-state index contributed by atoms with van der Waals surface area (Å²) >= 11 is 1.61. The normalized spacial score (nSPS) is 15.2. The SMILES string of the molecule is CC(C)(N)C(=O)N1CCC(c2cccc(Nc3ncc(-c4ccccc4)s3)n2)CC1. The molecule has 1 aliphatic rings. The molecule has 0 atom stereocenters. The van der Waals surface area contributed by atoms with Gasteiger partial charge in [0.25, 0.3) is 0 Å². The van der Waals surface area contributed by atoms with E-state index < -0.39 is 5.54 Å². The molecular weight excluding hydrogens is 394 g/mol. The van der Waals surface area contributed by atoms with Crippen molar-refractivity contribution < 1.29 is 4.79 Å². The third-order valence-corrected chi connectivity index (χ3v) is 6.28. The van der Waals surface area contributed by atoms with Gasteiger partial charge in [0.1, 0.15) is 5.82 Å². The molecule has 7 heteroatoms. The number of carbonyl (C=O) groups is 1. The number of benzene rings is 1. The van der Waals surface area contributed by atoms with E-state index in [2.05, 4.69) is 28.5 Å². The Bertz CT molecular complexity index is 1000. The minimum absolute atomic E-state index is 0.0160. The first-order valence-corrected chi connectivity index (χ1v) is 11.1. The number of carbonyl (C=O) groups excluding carboxylic acids is 1. The fourth-order valence-electron chi connectivity index (χ4n) is 3.71. The molecule has 0 bridgehead atoms. The highest BCUT2D eigenvalue weighted by Gasteiger charge is 2.31. The number of nitrogens with two attached hydrogens (primary N) is 1. The van der Waals surface area contributed by atoms with Gasteiger partial charge in [0.05, 0.1) is 10.4 Å². The molecule has 0 saturated carbocycles. The van der Waals surface area contributed by atoms with E-state index >= 15 is 0 Å². The Hall–Kier alpha value is -2.77. The van der Waals surface area contributed by atoms with Crippen LogP contribution in [-0.2, 0) is 4.79 Å². The minimum Gasteiger partial charge on any atom is -0.341 e. The lowest BCUT2D eigenvalue weighted by Gasteiger charge is -2.35. The predicted octanol–water partition coefficient (Wildman–Crippen LogP) is 4.39. The van der Waals surface area contributed by atoms with Gasteiger partial charge < -0.3 is 16.0 Å². The maximum atomic E-state index is 12.4. The average Bonchev–Trinajstić information content (AvgIpc) is 3.22. The quantitative estimate of drug-likeness (QED) is 0.638. The van der Waals surface area contributed by atoms with Crippen molar-refractivity contribution >= 4 is 28.2 Å². The van der Waals surface area contributed by atoms with Crippen molar-refractivity contribution in [2.45, 2.75) is 38.1 Å². The molecule has 3 heterocycles. The largest absolute Gasteiger partial charge is 0.341 e. The van der Waals surface area contributed by atoms with Crippen molar-refractivity contribution in [3.63, 3.8) is 0 Å². The monoisotopic (exact) mass is 421 g/mol. The summed E-state index contributed by atoms with van der Waals surface area (Å²) in [6, 6.07) is 16.3. The smallest absolute Gasteiger partial charge is 0.242 e. The molecule has 0 spiro atoms. The van der Waals surface area contributed by atoms with Crippen molar-refractivity contribution in [2.75, 3.05) is 18.4 Å². The summed E-state index contributed by atoms with van der Waals surface area (Å²) in [5.74, 6) is 1.15. The summed E-state index contributed by atoms with van der Waals surface area (Å²) in [6.07, 6.45) is 3.68. The molecule has 4 rings (SSSR count). The van der Waals surface area contributed by atoms with Crippen LogP contribution in [-0.4, -0.2) is 39.4 Å². The van der Waals surface area contributed by atoms with Crippen LogP contribution in [0.3, 0.4) is 0 Å². The molecule has 0 unspecified atom stereocenters. The van der Waals surface area contributed by atoms with Crippen molar-refractivity contribution in [3.05, 3.63) is 60.4 Å². The topological polar surface area (TPSA) is 84.1 Å². The zero-order valence-corrected chi connectivity index (χ0v) is 18.2. The molecular formula is C23H27N5OS. The number of likely N-dealkylation sites (tertiary alicyclic amines) is 1. The maximum absolute atomic E-state index is 12.4. The van der Waals surface area contributed by atoms with Gasteiger partial charge in [-0.3, -0.25) is 4.79 Å². The molecule has 156 valence electrons. The van der Waals surface area contributed by atoms with Crippen LogP contribution in [0.4, 0.5) is 10.9 Å². The fourth-order valence-corrected chi connectivity index (χ4v) is 4.54. The summed E-state index contributed by atoms with van der Waals surface area (Å²) in [5, 5.41) is 4.16. The van der Waals surface area contributed by atoms with E-state index in [4.69, 9.17) is 10.7 Å². The molecule has 1 fully saturated rings. The maximum Gasteiger partial charge on any atom is 0.242 e. The van der Waals surface area contributed by atoms with E-state index in [0.717, 1.165) is 53.0 Å². The molecule has 1 aliphatic heterocycles. The Balaban J connectivity index is 1.40. The molecule has 1 aromatic carbocycles. The van der Waals surface area contributed by atoms with Gasteiger partial charge in [0, 0.05) is 30.9 Å². The number of nitrogens with zero attached hydrogens (tertiary/aromatic N) is 3. The van der Waals surface area contributed by atoms with Gasteiger partial charge in [-0.2, -0.15) is 0 Å². The second-order valence-corrected chi connectivity index (χ2v) is 9.29. The van der Waals surface area contributed by atoms with E-state index in [9.17, 15) is 4.79 Å². The Kier molecular flexibility index (Phi) is 5.83. The number of pyridine rings is 1. The van der Waals surface area contributed by atoms with Gasteiger partial charge in [0.15, 0.2) is 5.13 Å². The number of amides is 1. The molecule has 0 aliphatic carbocycles. The van der Waals surface area contributed by atoms with Gasteiger partial charge in [-0.15, -0.1) is 0 Å². The van der Waals surface area contributed by atoms with Crippen LogP contribution in [0.15, 0.2) is 54.7 Å². The lowest BCUT2D eigenvalue weighted by Crippen LogP contribution is -2.53. The molecule has 1 amide bonds. The molecule has 3 aromatic rings. The minimum atomic E-state index is -0.818. The standard InChI is InChI=1S/C23H27N5OS/c1-23(2,24)21(29)28-13-11-16(12-14-28)18-9-6-10-20(26-18)27-22-25-15-19(30-22)17-7-4-3-5-8-17/h3-10,15-16H,11-14,24H2,1-2H3,(H,25,26,27). The summed E-state index contributed by atoms with van der Waals surface area (Å²) in [7, 11) is 0. The second-order valence-electron chi connectivity index (χ2n) is 8.26. The summed E-state index contributed by atoms with van der Waals surface area (Å²) in [6.45, 7) is 4.96. The number of rotatable bonds is 5. The van der Waals surface area contributed by atoms with Crippen molar-refractivity contribution in [2.24, 2.45) is 5.73 Å². The summed E-state index contributed by atoms with van der Waals surface area (Å²) in [5.41, 5.74) is 7.37. The van der Waals surface area contributed by atoms with Gasteiger partial charge in [-0.1, -0.05) is 47.7 Å². The molecule has 1 saturated heterocycles. The van der Waals surface area contributed by atoms with Crippen LogP contribution in [0.5, 0.6) is 0 Å². The molecule has 0 radical (unpaired) electrons. The van der Waals surface area contributed by atoms with Crippen molar-refractivity contribution in [1.82, 2.24) is 14.9 Å². The zero-order chi connectivity index (χ0) is 21.1. The van der Waals surface area contributed by atoms with Crippen LogP contribution < -0.4 is 11.1 Å². The summed E-state index contributed by atoms with van der Waals surface area (Å²) in [4.78, 5) is 24.7. The van der Waals surface area contributed by atoms with E-state index in [1.54, 1.807) is 25.2 Å². The number of hydrogen-bond donors (Lipinski definition) is 2. The lowest BCUT2D eigenvalue weighted by atomic mass is 9.92. The molecule has 2 aromatic heterocycles. The van der Waals surface area contributed by atoms with Gasteiger partial charge in [0.2, 0.25) is 5.91 Å².